The summed E-state index contributed by atoms with van der Waals surface area (Å²) >= 11 is 0. The molecule has 8 nitrogen and oxygen atoms in total. The Morgan fingerprint density at radius 3 is 2.87 bits per heavy atom. The Balaban J connectivity index is 1.27. The van der Waals surface area contributed by atoms with Crippen LogP contribution in [0.4, 0.5) is 14.5 Å². The number of para-hydroxylation sites is 1. The molecule has 0 unspecified atom stereocenters. The van der Waals surface area contributed by atoms with E-state index in [-0.39, 0.29) is 42.4 Å². The molecule has 3 aromatic rings. The van der Waals surface area contributed by atoms with E-state index in [1.807, 2.05) is 49.5 Å². The number of amides is 2. The number of imidazole rings is 1. The fraction of sp³-hybridized carbons (Fsp3) is 0.483. The number of halogens is 2. The third-order valence-corrected chi connectivity index (χ3v) is 8.52. The Morgan fingerprint density at radius 1 is 1.23 bits per heavy atom. The number of likely N-dealkylation sites (tertiary alicyclic amines) is 1. The molecule has 5 atom stereocenters. The molecule has 2 N–H and O–H groups in total. The predicted octanol–water partition coefficient (Wildman–Crippen LogP) is 4.21. The number of carbonyl (C=O) groups excluding carboxylic acids is 2. The fourth-order valence-electron chi connectivity index (χ4n) is 6.64. The van der Waals surface area contributed by atoms with Gasteiger partial charge in [-0.15, -0.1) is 0 Å². The van der Waals surface area contributed by atoms with Crippen molar-refractivity contribution in [3.05, 3.63) is 65.6 Å². The molecule has 0 bridgehead atoms. The number of benzene rings is 1. The molecule has 1 saturated carbocycles. The van der Waals surface area contributed by atoms with Gasteiger partial charge in [-0.1, -0.05) is 18.2 Å². The average Bonchev–Trinajstić information content (AvgIpc) is 3.54. The van der Waals surface area contributed by atoms with Crippen molar-refractivity contribution in [3.8, 4) is 0 Å². The van der Waals surface area contributed by atoms with Crippen molar-refractivity contribution in [1.82, 2.24) is 19.6 Å². The minimum absolute atomic E-state index is 0.00896. The van der Waals surface area contributed by atoms with Gasteiger partial charge >= 0.3 is 0 Å². The number of alkyl halides is 2. The van der Waals surface area contributed by atoms with E-state index in [9.17, 15) is 18.4 Å². The Labute approximate surface area is 225 Å². The first-order chi connectivity index (χ1) is 18.7. The monoisotopic (exact) mass is 537 g/mol. The number of hydrogen-bond donors (Lipinski definition) is 2. The van der Waals surface area contributed by atoms with Gasteiger partial charge in [-0.2, -0.15) is 0 Å². The van der Waals surface area contributed by atoms with Gasteiger partial charge in [0.2, 0.25) is 11.8 Å². The molecule has 39 heavy (non-hydrogen) atoms. The Morgan fingerprint density at radius 2 is 2.05 bits per heavy atom. The van der Waals surface area contributed by atoms with Crippen LogP contribution in [0.15, 0.2) is 48.8 Å². The summed E-state index contributed by atoms with van der Waals surface area (Å²) in [5.74, 6) is -4.69. The normalized spacial score (nSPS) is 27.5. The number of rotatable bonds is 5. The highest BCUT2D eigenvalue weighted by Gasteiger charge is 2.51. The zero-order chi connectivity index (χ0) is 27.3. The maximum atomic E-state index is 14.7. The number of carbonyl (C=O) groups is 2. The van der Waals surface area contributed by atoms with Crippen LogP contribution >= 0.6 is 0 Å². The second-order valence-corrected chi connectivity index (χ2v) is 11.1. The van der Waals surface area contributed by atoms with E-state index in [0.29, 0.717) is 18.8 Å². The largest absolute Gasteiger partial charge is 0.383 e. The van der Waals surface area contributed by atoms with Gasteiger partial charge in [0.05, 0.1) is 24.6 Å². The molecule has 2 aromatic heterocycles. The lowest BCUT2D eigenvalue weighted by Crippen LogP contribution is -2.53. The van der Waals surface area contributed by atoms with Gasteiger partial charge in [0.1, 0.15) is 11.3 Å². The molecule has 2 fully saturated rings. The number of aryl methyl sites for hydroxylation is 1. The summed E-state index contributed by atoms with van der Waals surface area (Å²) < 4.78 is 36.6. The number of pyridine rings is 1. The third-order valence-electron chi connectivity index (χ3n) is 8.52. The summed E-state index contributed by atoms with van der Waals surface area (Å²) in [5.41, 5.74) is 3.75. The number of fused-ring (bicyclic) bond motifs is 4. The number of anilines is 1. The van der Waals surface area contributed by atoms with Crippen LogP contribution in [-0.4, -0.2) is 64.4 Å². The molecule has 4 heterocycles. The van der Waals surface area contributed by atoms with Crippen LogP contribution in [0.2, 0.25) is 0 Å². The first-order valence-corrected chi connectivity index (χ1v) is 13.5. The zero-order valence-corrected chi connectivity index (χ0v) is 22.1. The first kappa shape index (κ1) is 25.7. The zero-order valence-electron chi connectivity index (χ0n) is 22.1. The van der Waals surface area contributed by atoms with E-state index >= 15 is 0 Å². The average molecular weight is 538 g/mol. The number of nitrogens with zero attached hydrogens (tertiary/aromatic N) is 3. The molecule has 1 aromatic carbocycles. The summed E-state index contributed by atoms with van der Waals surface area (Å²) in [6, 6.07) is 10.7. The van der Waals surface area contributed by atoms with Crippen molar-refractivity contribution in [1.29, 1.82) is 0 Å². The Kier molecular flexibility index (Phi) is 6.53. The topological polar surface area (TPSA) is 88.0 Å². The highest BCUT2D eigenvalue weighted by atomic mass is 19.3. The third kappa shape index (κ3) is 4.75. The quantitative estimate of drug-likeness (QED) is 0.509. The first-order valence-electron chi connectivity index (χ1n) is 13.5. The van der Waals surface area contributed by atoms with Gasteiger partial charge in [0.15, 0.2) is 0 Å². The van der Waals surface area contributed by atoms with Crippen molar-refractivity contribution in [2.75, 3.05) is 25.6 Å². The molecule has 1 aliphatic carbocycles. The summed E-state index contributed by atoms with van der Waals surface area (Å²) in [6.45, 7) is 2.89. The van der Waals surface area contributed by atoms with Crippen molar-refractivity contribution in [2.45, 2.75) is 56.7 Å². The van der Waals surface area contributed by atoms with Crippen LogP contribution in [0.3, 0.4) is 0 Å². The molecule has 0 spiro atoms. The van der Waals surface area contributed by atoms with Gasteiger partial charge in [-0.3, -0.25) is 9.59 Å². The minimum Gasteiger partial charge on any atom is -0.383 e. The highest BCUT2D eigenvalue weighted by Crippen LogP contribution is 2.48. The van der Waals surface area contributed by atoms with Crippen LogP contribution < -0.4 is 10.6 Å². The van der Waals surface area contributed by atoms with Gasteiger partial charge in [0, 0.05) is 56.5 Å². The van der Waals surface area contributed by atoms with Crippen molar-refractivity contribution < 1.29 is 23.1 Å². The molecule has 3 aliphatic rings. The molecular formula is C29H33F2N5O3. The van der Waals surface area contributed by atoms with E-state index in [0.717, 1.165) is 23.2 Å². The molecule has 2 aliphatic heterocycles. The second-order valence-electron chi connectivity index (χ2n) is 11.1. The van der Waals surface area contributed by atoms with Crippen LogP contribution in [0.1, 0.15) is 53.3 Å². The van der Waals surface area contributed by atoms with E-state index < -0.39 is 30.2 Å². The van der Waals surface area contributed by atoms with Crippen LogP contribution in [0.5, 0.6) is 0 Å². The van der Waals surface area contributed by atoms with E-state index in [2.05, 4.69) is 15.6 Å². The molecule has 1 saturated heterocycles. The van der Waals surface area contributed by atoms with Crippen molar-refractivity contribution >= 4 is 23.1 Å². The van der Waals surface area contributed by atoms with Gasteiger partial charge in [-0.05, 0) is 49.1 Å². The smallest absolute Gasteiger partial charge is 0.271 e. The number of methoxy groups -OCH3 is 1. The molecule has 6 rings (SSSR count). The van der Waals surface area contributed by atoms with Gasteiger partial charge < -0.3 is 24.7 Å². The lowest BCUT2D eigenvalue weighted by Gasteiger charge is -2.42. The van der Waals surface area contributed by atoms with E-state index in [1.165, 1.54) is 0 Å². The highest BCUT2D eigenvalue weighted by molar-refractivity contribution is 5.93. The molecule has 206 valence electrons. The molecular weight excluding hydrogens is 504 g/mol. The lowest BCUT2D eigenvalue weighted by molar-refractivity contribution is -0.146. The summed E-state index contributed by atoms with van der Waals surface area (Å²) in [5, 5.41) is 6.44. The second kappa shape index (κ2) is 9.89. The fourth-order valence-corrected chi connectivity index (χ4v) is 6.64. The Bertz CT molecular complexity index is 1410. The molecule has 10 heteroatoms. The standard InChI is InChI=1S/C29H33F2N5O3/c1-17-8-11-35-15-23(33-25(35)13-17)27(37)34-22-7-10-29(30,31)14-20(22)28(38)36-12-9-19-24(16-39-2)32-21-6-4-3-5-18(21)26(19)36/h3-6,8,11,13,15,19-20,22,24,26,32H,7,9-10,12,14,16H2,1-2H3,(H,34,37)/t19-,20+,22-,24+,26+/m1/s1. The number of ether oxygens (including phenoxy) is 1. The van der Waals surface area contributed by atoms with Gasteiger partial charge in [-0.25, -0.2) is 13.8 Å². The lowest BCUT2D eigenvalue weighted by atomic mass is 9.79. The predicted molar refractivity (Wildman–Crippen MR) is 142 cm³/mol. The summed E-state index contributed by atoms with van der Waals surface area (Å²) in [7, 11) is 1.65. The van der Waals surface area contributed by atoms with Gasteiger partial charge in [0.25, 0.3) is 5.91 Å². The van der Waals surface area contributed by atoms with E-state index in [4.69, 9.17) is 4.74 Å². The maximum Gasteiger partial charge on any atom is 0.271 e. The maximum absolute atomic E-state index is 14.7. The number of aromatic nitrogens is 2. The van der Waals surface area contributed by atoms with Crippen LogP contribution in [-0.2, 0) is 9.53 Å². The summed E-state index contributed by atoms with van der Waals surface area (Å²) in [4.78, 5) is 33.5. The molecule has 0 radical (unpaired) electrons. The summed E-state index contributed by atoms with van der Waals surface area (Å²) in [6.07, 6.45) is 3.24. The SMILES string of the molecule is COC[C@@H]1Nc2ccccc2[C@H]2[C@@H]1CCN2C(=O)[C@H]1CC(F)(F)CC[C@H]1NC(=O)c1cn2ccc(C)cc2n1. The van der Waals surface area contributed by atoms with Crippen LogP contribution in [0, 0.1) is 18.8 Å². The van der Waals surface area contributed by atoms with E-state index in [1.54, 1.807) is 22.6 Å². The minimum atomic E-state index is -2.97. The number of hydrogen-bond acceptors (Lipinski definition) is 5. The molecule has 2 amide bonds. The number of nitrogens with one attached hydrogen (secondary N) is 2. The van der Waals surface area contributed by atoms with Crippen molar-refractivity contribution in [3.63, 3.8) is 0 Å². The van der Waals surface area contributed by atoms with Crippen LogP contribution in [0.25, 0.3) is 5.65 Å². The Hall–Kier alpha value is -3.53. The van der Waals surface area contributed by atoms with Crippen molar-refractivity contribution in [2.24, 2.45) is 11.8 Å².